The van der Waals surface area contributed by atoms with Gasteiger partial charge in [0, 0.05) is 12.3 Å². The van der Waals surface area contributed by atoms with Crippen molar-refractivity contribution < 1.29 is 4.79 Å². The zero-order chi connectivity index (χ0) is 10.2. The van der Waals surface area contributed by atoms with Crippen LogP contribution in [-0.4, -0.2) is 5.78 Å². The van der Waals surface area contributed by atoms with Crippen LogP contribution in [0.2, 0.25) is 0 Å². The van der Waals surface area contributed by atoms with Crippen LogP contribution in [0.15, 0.2) is 12.2 Å². The molecule has 1 atom stereocenters. The highest BCUT2D eigenvalue weighted by atomic mass is 16.1. The van der Waals surface area contributed by atoms with Crippen molar-refractivity contribution in [1.29, 1.82) is 0 Å². The molecule has 0 bridgehead atoms. The summed E-state index contributed by atoms with van der Waals surface area (Å²) < 4.78 is 0. The average Bonchev–Trinajstić information content (AvgIpc) is 2.58. The number of rotatable bonds is 6. The average molecular weight is 194 g/mol. The Kier molecular flexibility index (Phi) is 5.58. The third kappa shape index (κ3) is 4.08. The maximum absolute atomic E-state index is 11.3. The topological polar surface area (TPSA) is 17.1 Å². The van der Waals surface area contributed by atoms with Crippen molar-refractivity contribution in [2.24, 2.45) is 5.92 Å². The summed E-state index contributed by atoms with van der Waals surface area (Å²) in [5.74, 6) is 0.848. The Morgan fingerprint density at radius 3 is 2.86 bits per heavy atom. The molecule has 1 aliphatic rings. The van der Waals surface area contributed by atoms with Gasteiger partial charge in [0.05, 0.1) is 0 Å². The van der Waals surface area contributed by atoms with Gasteiger partial charge in [0.25, 0.3) is 0 Å². The highest BCUT2D eigenvalue weighted by molar-refractivity contribution is 5.82. The van der Waals surface area contributed by atoms with Crippen LogP contribution in [0, 0.1) is 5.92 Å². The Bertz CT molecular complexity index is 193. The first-order chi connectivity index (χ1) is 6.84. The van der Waals surface area contributed by atoms with Crippen LogP contribution in [0.25, 0.3) is 0 Å². The minimum absolute atomic E-state index is 0.359. The summed E-state index contributed by atoms with van der Waals surface area (Å²) in [6, 6.07) is 0. The Morgan fingerprint density at radius 1 is 1.36 bits per heavy atom. The van der Waals surface area contributed by atoms with E-state index in [-0.39, 0.29) is 0 Å². The molecular weight excluding hydrogens is 172 g/mol. The molecule has 1 nitrogen and oxygen atoms in total. The van der Waals surface area contributed by atoms with Gasteiger partial charge in [0.1, 0.15) is 5.78 Å². The molecule has 0 amide bonds. The lowest BCUT2D eigenvalue weighted by molar-refractivity contribution is -0.120. The van der Waals surface area contributed by atoms with Crippen LogP contribution in [-0.2, 0) is 4.79 Å². The molecule has 0 saturated heterocycles. The van der Waals surface area contributed by atoms with Crippen molar-refractivity contribution in [3.05, 3.63) is 12.2 Å². The summed E-state index contributed by atoms with van der Waals surface area (Å²) in [6.07, 6.45) is 13.6. The number of unbranched alkanes of at least 4 members (excludes halogenated alkanes) is 3. The minimum Gasteiger partial charge on any atom is -0.299 e. The molecule has 80 valence electrons. The maximum atomic E-state index is 11.3. The summed E-state index contributed by atoms with van der Waals surface area (Å²) in [4.78, 5) is 11.3. The Hall–Kier alpha value is -0.590. The van der Waals surface area contributed by atoms with Crippen LogP contribution in [0.5, 0.6) is 0 Å². The molecule has 1 aliphatic carbocycles. The van der Waals surface area contributed by atoms with E-state index in [1.165, 1.54) is 25.7 Å². The van der Waals surface area contributed by atoms with Gasteiger partial charge in [-0.15, -0.1) is 0 Å². The van der Waals surface area contributed by atoms with Gasteiger partial charge in [-0.05, 0) is 32.1 Å². The summed E-state index contributed by atoms with van der Waals surface area (Å²) in [5.41, 5.74) is 0. The van der Waals surface area contributed by atoms with Crippen molar-refractivity contribution in [1.82, 2.24) is 0 Å². The molecule has 1 heteroatoms. The van der Waals surface area contributed by atoms with Gasteiger partial charge in [0.15, 0.2) is 0 Å². The molecule has 0 unspecified atom stereocenters. The number of Topliss-reactive ketones (excluding diaryl/α,β-unsaturated/α-hetero) is 1. The predicted octanol–water partition coefficient (Wildman–Crippen LogP) is 3.88. The second-order valence-electron chi connectivity index (χ2n) is 4.26. The molecule has 14 heavy (non-hydrogen) atoms. The summed E-state index contributed by atoms with van der Waals surface area (Å²) in [5, 5.41) is 0. The van der Waals surface area contributed by atoms with Gasteiger partial charge in [0.2, 0.25) is 0 Å². The van der Waals surface area contributed by atoms with Crippen LogP contribution in [0.1, 0.15) is 58.3 Å². The summed E-state index contributed by atoms with van der Waals surface area (Å²) in [7, 11) is 0. The zero-order valence-electron chi connectivity index (χ0n) is 9.30. The standard InChI is InChI=1S/C13H22O/c1-2-3-4-5-6-7-9-12-10-8-11-13(12)14/h6-7,12H,2-5,8-11H2,1H3/b7-6-/t12-/m0/s1. The van der Waals surface area contributed by atoms with E-state index in [0.717, 1.165) is 25.7 Å². The van der Waals surface area contributed by atoms with E-state index >= 15 is 0 Å². The van der Waals surface area contributed by atoms with E-state index in [4.69, 9.17) is 0 Å². The van der Waals surface area contributed by atoms with Gasteiger partial charge in [-0.25, -0.2) is 0 Å². The third-order valence-corrected chi connectivity index (χ3v) is 2.99. The highest BCUT2D eigenvalue weighted by Crippen LogP contribution is 2.24. The molecule has 0 radical (unpaired) electrons. The Morgan fingerprint density at radius 2 is 2.21 bits per heavy atom. The smallest absolute Gasteiger partial charge is 0.136 e. The fourth-order valence-corrected chi connectivity index (χ4v) is 2.03. The number of allylic oxidation sites excluding steroid dienone is 2. The number of ketones is 1. The number of hydrogen-bond acceptors (Lipinski definition) is 1. The van der Waals surface area contributed by atoms with Crippen molar-refractivity contribution in [3.63, 3.8) is 0 Å². The van der Waals surface area contributed by atoms with Gasteiger partial charge in [-0.1, -0.05) is 31.9 Å². The van der Waals surface area contributed by atoms with Crippen molar-refractivity contribution >= 4 is 5.78 Å². The molecular formula is C13H22O. The SMILES string of the molecule is CCCCC/C=C\C[C@H]1CCCC1=O. The summed E-state index contributed by atoms with van der Waals surface area (Å²) in [6.45, 7) is 2.22. The van der Waals surface area contributed by atoms with Crippen molar-refractivity contribution in [2.45, 2.75) is 58.3 Å². The fraction of sp³-hybridized carbons (Fsp3) is 0.769. The normalized spacial score (nSPS) is 22.4. The van der Waals surface area contributed by atoms with Crippen molar-refractivity contribution in [3.8, 4) is 0 Å². The molecule has 1 rings (SSSR count). The van der Waals surface area contributed by atoms with Gasteiger partial charge in [-0.2, -0.15) is 0 Å². The van der Waals surface area contributed by atoms with E-state index in [1.807, 2.05) is 0 Å². The minimum atomic E-state index is 0.359. The second kappa shape index (κ2) is 6.80. The third-order valence-electron chi connectivity index (χ3n) is 2.99. The first-order valence-electron chi connectivity index (χ1n) is 6.02. The largest absolute Gasteiger partial charge is 0.299 e. The molecule has 0 heterocycles. The van der Waals surface area contributed by atoms with E-state index in [0.29, 0.717) is 11.7 Å². The van der Waals surface area contributed by atoms with Crippen LogP contribution in [0.3, 0.4) is 0 Å². The van der Waals surface area contributed by atoms with Crippen LogP contribution in [0.4, 0.5) is 0 Å². The molecule has 0 aromatic rings. The quantitative estimate of drug-likeness (QED) is 0.463. The maximum Gasteiger partial charge on any atom is 0.136 e. The van der Waals surface area contributed by atoms with E-state index in [2.05, 4.69) is 19.1 Å². The van der Waals surface area contributed by atoms with E-state index in [1.54, 1.807) is 0 Å². The van der Waals surface area contributed by atoms with Crippen LogP contribution < -0.4 is 0 Å². The molecule has 0 aromatic heterocycles. The first-order valence-corrected chi connectivity index (χ1v) is 6.02. The molecule has 0 spiro atoms. The Labute approximate surface area is 87.6 Å². The van der Waals surface area contributed by atoms with Gasteiger partial charge < -0.3 is 0 Å². The zero-order valence-corrected chi connectivity index (χ0v) is 9.30. The molecule has 1 saturated carbocycles. The monoisotopic (exact) mass is 194 g/mol. The number of hydrogen-bond donors (Lipinski definition) is 0. The van der Waals surface area contributed by atoms with E-state index in [9.17, 15) is 4.79 Å². The molecule has 0 N–H and O–H groups in total. The molecule has 0 aliphatic heterocycles. The second-order valence-corrected chi connectivity index (χ2v) is 4.26. The van der Waals surface area contributed by atoms with Gasteiger partial charge >= 0.3 is 0 Å². The molecule has 1 fully saturated rings. The lowest BCUT2D eigenvalue weighted by Gasteiger charge is -2.01. The van der Waals surface area contributed by atoms with Crippen LogP contribution >= 0.6 is 0 Å². The number of carbonyl (C=O) groups excluding carboxylic acids is 1. The lowest BCUT2D eigenvalue weighted by Crippen LogP contribution is -2.03. The molecule has 0 aromatic carbocycles. The Balaban J connectivity index is 2.04. The number of carbonyl (C=O) groups is 1. The predicted molar refractivity (Wildman–Crippen MR) is 60.2 cm³/mol. The fourth-order valence-electron chi connectivity index (χ4n) is 2.03. The summed E-state index contributed by atoms with van der Waals surface area (Å²) >= 11 is 0. The van der Waals surface area contributed by atoms with Crippen molar-refractivity contribution in [2.75, 3.05) is 0 Å². The van der Waals surface area contributed by atoms with Gasteiger partial charge in [-0.3, -0.25) is 4.79 Å². The lowest BCUT2D eigenvalue weighted by atomic mass is 10.0. The van der Waals surface area contributed by atoms with E-state index < -0.39 is 0 Å². The highest BCUT2D eigenvalue weighted by Gasteiger charge is 2.22. The first kappa shape index (κ1) is 11.5.